The summed E-state index contributed by atoms with van der Waals surface area (Å²) in [6.45, 7) is 1.69. The van der Waals surface area contributed by atoms with E-state index in [1.807, 2.05) is 6.07 Å². The van der Waals surface area contributed by atoms with E-state index >= 15 is 0 Å². The molecule has 0 heterocycles. The Kier molecular flexibility index (Phi) is 5.39. The van der Waals surface area contributed by atoms with Gasteiger partial charge in [0.25, 0.3) is 0 Å². The van der Waals surface area contributed by atoms with E-state index in [1.54, 1.807) is 49.4 Å². The molecular formula is C17H14N2O3S. The summed E-state index contributed by atoms with van der Waals surface area (Å²) in [5.74, 6) is -1.33. The molecule has 23 heavy (non-hydrogen) atoms. The zero-order valence-electron chi connectivity index (χ0n) is 12.3. The van der Waals surface area contributed by atoms with Gasteiger partial charge < -0.3 is 10.4 Å². The Morgan fingerprint density at radius 3 is 2.52 bits per heavy atom. The number of nitriles is 1. The molecule has 0 spiro atoms. The molecule has 0 saturated heterocycles. The quantitative estimate of drug-likeness (QED) is 0.822. The van der Waals surface area contributed by atoms with Crippen LogP contribution in [0.4, 0.5) is 5.69 Å². The summed E-state index contributed by atoms with van der Waals surface area (Å²) in [5.41, 5.74) is 0.984. The number of hydrogen-bond acceptors (Lipinski definition) is 4. The van der Waals surface area contributed by atoms with E-state index in [9.17, 15) is 14.7 Å². The molecule has 0 aliphatic heterocycles. The Morgan fingerprint density at radius 1 is 1.17 bits per heavy atom. The minimum absolute atomic E-state index is 0.162. The highest BCUT2D eigenvalue weighted by atomic mass is 32.2. The third-order valence-corrected chi connectivity index (χ3v) is 4.27. The fourth-order valence-electron chi connectivity index (χ4n) is 1.91. The first-order chi connectivity index (χ1) is 11.0. The minimum atomic E-state index is -1.03. The second kappa shape index (κ2) is 7.47. The maximum absolute atomic E-state index is 12.3. The third-order valence-electron chi connectivity index (χ3n) is 3.10. The van der Waals surface area contributed by atoms with E-state index in [0.717, 1.165) is 11.8 Å². The molecule has 1 atom stereocenters. The van der Waals surface area contributed by atoms with Crippen molar-refractivity contribution in [3.05, 3.63) is 59.7 Å². The van der Waals surface area contributed by atoms with Gasteiger partial charge in [0.15, 0.2) is 0 Å². The monoisotopic (exact) mass is 326 g/mol. The molecule has 2 aromatic rings. The van der Waals surface area contributed by atoms with E-state index in [1.165, 1.54) is 6.07 Å². The maximum Gasteiger partial charge on any atom is 0.336 e. The van der Waals surface area contributed by atoms with Crippen LogP contribution in [0.2, 0.25) is 0 Å². The number of aromatic carboxylic acids is 1. The second-order valence-corrected chi connectivity index (χ2v) is 6.09. The molecule has 116 valence electrons. The van der Waals surface area contributed by atoms with Gasteiger partial charge in [-0.05, 0) is 31.2 Å². The lowest BCUT2D eigenvalue weighted by Crippen LogP contribution is -2.23. The van der Waals surface area contributed by atoms with Crippen LogP contribution >= 0.6 is 11.8 Å². The molecule has 1 amide bonds. The molecule has 2 aromatic carbocycles. The first-order valence-electron chi connectivity index (χ1n) is 6.82. The summed E-state index contributed by atoms with van der Waals surface area (Å²) in [7, 11) is 0. The lowest BCUT2D eigenvalue weighted by atomic mass is 10.2. The highest BCUT2D eigenvalue weighted by molar-refractivity contribution is 8.00. The summed E-state index contributed by atoms with van der Waals surface area (Å²) in [6.07, 6.45) is 0. The third kappa shape index (κ3) is 4.11. The molecule has 0 aromatic heterocycles. The number of thioether (sulfide) groups is 1. The number of benzene rings is 2. The van der Waals surface area contributed by atoms with Gasteiger partial charge in [0.05, 0.1) is 22.1 Å². The van der Waals surface area contributed by atoms with E-state index < -0.39 is 11.2 Å². The van der Waals surface area contributed by atoms with Crippen LogP contribution in [0.15, 0.2) is 53.4 Å². The molecule has 0 aliphatic carbocycles. The van der Waals surface area contributed by atoms with Crippen LogP contribution in [0, 0.1) is 11.3 Å². The molecule has 2 rings (SSSR count). The van der Waals surface area contributed by atoms with Crippen LogP contribution in [-0.2, 0) is 4.79 Å². The molecule has 2 N–H and O–H groups in total. The molecule has 0 saturated carbocycles. The van der Waals surface area contributed by atoms with Gasteiger partial charge in [0.1, 0.15) is 6.07 Å². The van der Waals surface area contributed by atoms with Crippen molar-refractivity contribution in [2.24, 2.45) is 0 Å². The normalized spacial score (nSPS) is 11.3. The average molecular weight is 326 g/mol. The number of carboxylic acids is 1. The largest absolute Gasteiger partial charge is 0.478 e. The average Bonchev–Trinajstić information content (AvgIpc) is 2.55. The van der Waals surface area contributed by atoms with Crippen molar-refractivity contribution >= 4 is 29.3 Å². The SMILES string of the molecule is C[C@H](Sc1ccccc1C(=O)O)C(=O)Nc1ccccc1C#N. The molecule has 0 aliphatic rings. The first-order valence-corrected chi connectivity index (χ1v) is 7.70. The standard InChI is InChI=1S/C17H14N2O3S/c1-11(23-15-9-5-3-7-13(15)17(21)22)16(20)19-14-8-4-2-6-12(14)10-18/h2-9,11H,1H3,(H,19,20)(H,21,22)/t11-/m0/s1. The smallest absolute Gasteiger partial charge is 0.336 e. The molecule has 0 unspecified atom stereocenters. The summed E-state index contributed by atoms with van der Waals surface area (Å²) in [5, 5.41) is 20.4. The lowest BCUT2D eigenvalue weighted by Gasteiger charge is -2.14. The fraction of sp³-hybridized carbons (Fsp3) is 0.118. The van der Waals surface area contributed by atoms with Gasteiger partial charge in [-0.2, -0.15) is 5.26 Å². The van der Waals surface area contributed by atoms with E-state index in [-0.39, 0.29) is 11.5 Å². The van der Waals surface area contributed by atoms with Crippen LogP contribution in [-0.4, -0.2) is 22.2 Å². The van der Waals surface area contributed by atoms with Crippen LogP contribution in [0.3, 0.4) is 0 Å². The highest BCUT2D eigenvalue weighted by Crippen LogP contribution is 2.28. The Balaban J connectivity index is 2.12. The zero-order chi connectivity index (χ0) is 16.8. The number of nitrogens with one attached hydrogen (secondary N) is 1. The number of para-hydroxylation sites is 1. The summed E-state index contributed by atoms with van der Waals surface area (Å²) >= 11 is 1.16. The van der Waals surface area contributed by atoms with Gasteiger partial charge in [-0.3, -0.25) is 4.79 Å². The van der Waals surface area contributed by atoms with Crippen LogP contribution < -0.4 is 5.32 Å². The number of nitrogens with zero attached hydrogens (tertiary/aromatic N) is 1. The van der Waals surface area contributed by atoms with Crippen molar-refractivity contribution in [3.8, 4) is 6.07 Å². The van der Waals surface area contributed by atoms with Gasteiger partial charge in [-0.15, -0.1) is 11.8 Å². The molecule has 5 nitrogen and oxygen atoms in total. The van der Waals surface area contributed by atoms with Crippen LogP contribution in [0.1, 0.15) is 22.8 Å². The Bertz CT molecular complexity index is 783. The number of carbonyl (C=O) groups excluding carboxylic acids is 1. The molecule has 6 heteroatoms. The molecular weight excluding hydrogens is 312 g/mol. The lowest BCUT2D eigenvalue weighted by molar-refractivity contribution is -0.115. The van der Waals surface area contributed by atoms with Crippen molar-refractivity contribution in [2.75, 3.05) is 5.32 Å². The number of anilines is 1. The molecule has 0 radical (unpaired) electrons. The number of hydrogen-bond donors (Lipinski definition) is 2. The van der Waals surface area contributed by atoms with Crippen molar-refractivity contribution in [3.63, 3.8) is 0 Å². The van der Waals surface area contributed by atoms with Crippen molar-refractivity contribution < 1.29 is 14.7 Å². The minimum Gasteiger partial charge on any atom is -0.478 e. The maximum atomic E-state index is 12.3. The molecule has 0 bridgehead atoms. The number of carboxylic acid groups (broad SMARTS) is 1. The van der Waals surface area contributed by atoms with E-state index in [0.29, 0.717) is 16.1 Å². The van der Waals surface area contributed by atoms with Gasteiger partial charge in [-0.1, -0.05) is 24.3 Å². The fourth-order valence-corrected chi connectivity index (χ4v) is 2.90. The first kappa shape index (κ1) is 16.6. The van der Waals surface area contributed by atoms with Crippen molar-refractivity contribution in [1.82, 2.24) is 0 Å². The van der Waals surface area contributed by atoms with Gasteiger partial charge in [-0.25, -0.2) is 4.79 Å². The van der Waals surface area contributed by atoms with Crippen molar-refractivity contribution in [2.45, 2.75) is 17.1 Å². The van der Waals surface area contributed by atoms with Crippen LogP contribution in [0.5, 0.6) is 0 Å². The van der Waals surface area contributed by atoms with E-state index in [4.69, 9.17) is 5.26 Å². The number of rotatable bonds is 5. The highest BCUT2D eigenvalue weighted by Gasteiger charge is 2.19. The van der Waals surface area contributed by atoms with Crippen molar-refractivity contribution in [1.29, 1.82) is 5.26 Å². The topological polar surface area (TPSA) is 90.2 Å². The number of amides is 1. The van der Waals surface area contributed by atoms with Crippen LogP contribution in [0.25, 0.3) is 0 Å². The predicted octanol–water partition coefficient (Wildman–Crippen LogP) is 3.38. The van der Waals surface area contributed by atoms with Gasteiger partial charge in [0, 0.05) is 4.90 Å². The Labute approximate surface area is 137 Å². The van der Waals surface area contributed by atoms with Gasteiger partial charge >= 0.3 is 5.97 Å². The summed E-state index contributed by atoms with van der Waals surface area (Å²) in [4.78, 5) is 24.0. The summed E-state index contributed by atoms with van der Waals surface area (Å²) in [6, 6.07) is 15.3. The predicted molar refractivity (Wildman–Crippen MR) is 88.5 cm³/mol. The zero-order valence-corrected chi connectivity index (χ0v) is 13.1. The summed E-state index contributed by atoms with van der Waals surface area (Å²) < 4.78 is 0. The molecule has 0 fully saturated rings. The van der Waals surface area contributed by atoms with E-state index in [2.05, 4.69) is 5.32 Å². The number of carbonyl (C=O) groups is 2. The Morgan fingerprint density at radius 2 is 1.83 bits per heavy atom. The Hall–Kier alpha value is -2.78. The van der Waals surface area contributed by atoms with Gasteiger partial charge in [0.2, 0.25) is 5.91 Å². The second-order valence-electron chi connectivity index (χ2n) is 4.71.